The summed E-state index contributed by atoms with van der Waals surface area (Å²) in [5, 5.41) is 25.9. The van der Waals surface area contributed by atoms with Crippen molar-refractivity contribution in [2.24, 2.45) is 0 Å². The maximum Gasteiger partial charge on any atom is 0.120 e. The van der Waals surface area contributed by atoms with Gasteiger partial charge in [-0.05, 0) is 18.2 Å². The molecule has 1 aromatic carbocycles. The Labute approximate surface area is 106 Å². The fraction of sp³-hybridized carbons (Fsp3) is 0.308. The predicted molar refractivity (Wildman–Crippen MR) is 64.3 cm³/mol. The molecule has 0 heterocycles. The molecule has 0 saturated heterocycles. The molecule has 18 heavy (non-hydrogen) atoms. The Morgan fingerprint density at radius 1 is 1.11 bits per heavy atom. The van der Waals surface area contributed by atoms with Crippen LogP contribution in [0.1, 0.15) is 5.56 Å². The molecule has 1 rings (SSSR count). The average molecular weight is 240 g/mol. The molecular formula is C13H12N4O. The van der Waals surface area contributed by atoms with Gasteiger partial charge in [-0.3, -0.25) is 4.90 Å². The Kier molecular flexibility index (Phi) is 5.77. The van der Waals surface area contributed by atoms with E-state index in [1.54, 1.807) is 29.2 Å². The summed E-state index contributed by atoms with van der Waals surface area (Å²) in [7, 11) is 0. The highest BCUT2D eigenvalue weighted by molar-refractivity contribution is 5.36. The molecule has 0 aliphatic heterocycles. The zero-order valence-corrected chi connectivity index (χ0v) is 9.83. The first kappa shape index (κ1) is 13.5. The van der Waals surface area contributed by atoms with Crippen molar-refractivity contribution in [2.45, 2.75) is 0 Å². The van der Waals surface area contributed by atoms with Gasteiger partial charge in [0.15, 0.2) is 0 Å². The predicted octanol–water partition coefficient (Wildman–Crippen LogP) is 1.29. The third-order valence-electron chi connectivity index (χ3n) is 2.23. The van der Waals surface area contributed by atoms with E-state index < -0.39 is 0 Å². The third-order valence-corrected chi connectivity index (χ3v) is 2.23. The standard InChI is InChI=1S/C13H12N4O/c14-4-6-17(7-5-15)8-9-18-13-3-1-2-12(10-13)11-16/h1-3,10H,6-9H2. The molecule has 0 aliphatic carbocycles. The van der Waals surface area contributed by atoms with E-state index in [0.717, 1.165) is 0 Å². The van der Waals surface area contributed by atoms with Crippen molar-refractivity contribution in [1.82, 2.24) is 4.90 Å². The maximum absolute atomic E-state index is 8.73. The van der Waals surface area contributed by atoms with Gasteiger partial charge < -0.3 is 4.74 Å². The highest BCUT2D eigenvalue weighted by Gasteiger charge is 2.03. The van der Waals surface area contributed by atoms with E-state index in [2.05, 4.69) is 0 Å². The van der Waals surface area contributed by atoms with Crippen LogP contribution < -0.4 is 4.74 Å². The number of hydrogen-bond acceptors (Lipinski definition) is 5. The molecule has 90 valence electrons. The Morgan fingerprint density at radius 2 is 1.83 bits per heavy atom. The zero-order chi connectivity index (χ0) is 13.2. The maximum atomic E-state index is 8.73. The summed E-state index contributed by atoms with van der Waals surface area (Å²) >= 11 is 0. The summed E-state index contributed by atoms with van der Waals surface area (Å²) in [5.74, 6) is 0.614. The Morgan fingerprint density at radius 3 is 2.44 bits per heavy atom. The summed E-state index contributed by atoms with van der Waals surface area (Å²) in [6.45, 7) is 1.28. The van der Waals surface area contributed by atoms with Crippen molar-refractivity contribution in [3.63, 3.8) is 0 Å². The molecule has 0 fully saturated rings. The summed E-state index contributed by atoms with van der Waals surface area (Å²) < 4.78 is 5.46. The molecule has 0 spiro atoms. The number of benzene rings is 1. The molecule has 0 radical (unpaired) electrons. The number of nitriles is 3. The van der Waals surface area contributed by atoms with Crippen LogP contribution in [0.3, 0.4) is 0 Å². The van der Waals surface area contributed by atoms with Crippen LogP contribution in [0.15, 0.2) is 24.3 Å². The fourth-order valence-electron chi connectivity index (χ4n) is 1.36. The van der Waals surface area contributed by atoms with Crippen molar-refractivity contribution in [3.05, 3.63) is 29.8 Å². The minimum Gasteiger partial charge on any atom is -0.492 e. The fourth-order valence-corrected chi connectivity index (χ4v) is 1.36. The van der Waals surface area contributed by atoms with Gasteiger partial charge >= 0.3 is 0 Å². The van der Waals surface area contributed by atoms with Crippen molar-refractivity contribution < 1.29 is 4.74 Å². The summed E-state index contributed by atoms with van der Waals surface area (Å²) in [4.78, 5) is 1.69. The minimum absolute atomic E-state index is 0.204. The van der Waals surface area contributed by atoms with Gasteiger partial charge in [0, 0.05) is 6.54 Å². The molecule has 1 aromatic rings. The Balaban J connectivity index is 2.43. The van der Waals surface area contributed by atoms with E-state index in [1.165, 1.54) is 0 Å². The van der Waals surface area contributed by atoms with Crippen LogP contribution in [0, 0.1) is 34.0 Å². The molecule has 5 heteroatoms. The van der Waals surface area contributed by atoms with Crippen molar-refractivity contribution in [3.8, 4) is 24.0 Å². The van der Waals surface area contributed by atoms with Crippen LogP contribution in [0.4, 0.5) is 0 Å². The van der Waals surface area contributed by atoms with Gasteiger partial charge in [0.25, 0.3) is 0 Å². The van der Waals surface area contributed by atoms with Gasteiger partial charge in [-0.2, -0.15) is 15.8 Å². The molecule has 0 atom stereocenters. The van der Waals surface area contributed by atoms with Crippen LogP contribution in [-0.4, -0.2) is 31.1 Å². The molecule has 0 aromatic heterocycles. The second kappa shape index (κ2) is 7.68. The van der Waals surface area contributed by atoms with Gasteiger partial charge in [0.2, 0.25) is 0 Å². The first-order valence-electron chi connectivity index (χ1n) is 5.39. The van der Waals surface area contributed by atoms with E-state index in [4.69, 9.17) is 20.5 Å². The van der Waals surface area contributed by atoms with Gasteiger partial charge in [-0.15, -0.1) is 0 Å². The van der Waals surface area contributed by atoms with Crippen LogP contribution in [-0.2, 0) is 0 Å². The topological polar surface area (TPSA) is 83.8 Å². The lowest BCUT2D eigenvalue weighted by Crippen LogP contribution is -2.29. The lowest BCUT2D eigenvalue weighted by atomic mass is 10.2. The van der Waals surface area contributed by atoms with Gasteiger partial charge in [-0.25, -0.2) is 0 Å². The normalized spacial score (nSPS) is 9.22. The smallest absolute Gasteiger partial charge is 0.120 e. The van der Waals surface area contributed by atoms with Gasteiger partial charge in [0.05, 0.1) is 36.9 Å². The molecule has 5 nitrogen and oxygen atoms in total. The molecule has 0 N–H and O–H groups in total. The lowest BCUT2D eigenvalue weighted by molar-refractivity contribution is 0.239. The summed E-state index contributed by atoms with van der Waals surface area (Å²) in [6.07, 6.45) is 0. The van der Waals surface area contributed by atoms with Crippen molar-refractivity contribution in [1.29, 1.82) is 15.8 Å². The number of rotatable bonds is 6. The Bertz CT molecular complexity index is 491. The number of hydrogen-bond donors (Lipinski definition) is 0. The minimum atomic E-state index is 0.204. The van der Waals surface area contributed by atoms with Crippen LogP contribution in [0.25, 0.3) is 0 Å². The molecule has 0 aliphatic rings. The lowest BCUT2D eigenvalue weighted by Gasteiger charge is -2.15. The van der Waals surface area contributed by atoms with Crippen LogP contribution in [0.2, 0.25) is 0 Å². The third kappa shape index (κ3) is 4.53. The van der Waals surface area contributed by atoms with Crippen molar-refractivity contribution >= 4 is 0 Å². The molecule has 0 amide bonds. The average Bonchev–Trinajstić information content (AvgIpc) is 2.39. The quantitative estimate of drug-likeness (QED) is 0.699. The van der Waals surface area contributed by atoms with Gasteiger partial charge in [0.1, 0.15) is 12.4 Å². The molecule has 0 unspecified atom stereocenters. The molecule has 0 bridgehead atoms. The summed E-state index contributed by atoms with van der Waals surface area (Å²) in [5.41, 5.74) is 0.540. The van der Waals surface area contributed by atoms with E-state index in [9.17, 15) is 0 Å². The highest BCUT2D eigenvalue weighted by Crippen LogP contribution is 2.12. The second-order valence-corrected chi connectivity index (χ2v) is 3.51. The molecule has 0 saturated carbocycles. The van der Waals surface area contributed by atoms with Crippen molar-refractivity contribution in [2.75, 3.05) is 26.2 Å². The first-order valence-corrected chi connectivity index (χ1v) is 5.39. The second-order valence-electron chi connectivity index (χ2n) is 3.51. The number of nitrogens with zero attached hydrogens (tertiary/aromatic N) is 4. The Hall–Kier alpha value is -2.55. The van der Waals surface area contributed by atoms with Crippen LogP contribution in [0.5, 0.6) is 5.75 Å². The SMILES string of the molecule is N#CCN(CC#N)CCOc1cccc(C#N)c1. The highest BCUT2D eigenvalue weighted by atomic mass is 16.5. The largest absolute Gasteiger partial charge is 0.492 e. The zero-order valence-electron chi connectivity index (χ0n) is 9.83. The van der Waals surface area contributed by atoms with Crippen LogP contribution >= 0.6 is 0 Å². The first-order chi connectivity index (χ1) is 8.80. The van der Waals surface area contributed by atoms with E-state index in [0.29, 0.717) is 24.5 Å². The summed E-state index contributed by atoms with van der Waals surface area (Å²) in [6, 6.07) is 12.9. The molecular weight excluding hydrogens is 228 g/mol. The van der Waals surface area contributed by atoms with E-state index in [-0.39, 0.29) is 13.1 Å². The van der Waals surface area contributed by atoms with E-state index >= 15 is 0 Å². The van der Waals surface area contributed by atoms with E-state index in [1.807, 2.05) is 18.2 Å². The monoisotopic (exact) mass is 240 g/mol. The van der Waals surface area contributed by atoms with Gasteiger partial charge in [-0.1, -0.05) is 6.07 Å². The number of ether oxygens (including phenoxy) is 1.